The molecule has 0 unspecified atom stereocenters. The molecule has 0 bridgehead atoms. The Morgan fingerprint density at radius 3 is 2.53 bits per heavy atom. The Morgan fingerprint density at radius 2 is 2.00 bits per heavy atom. The third kappa shape index (κ3) is 5.04. The summed E-state index contributed by atoms with van der Waals surface area (Å²) < 4.78 is 14.4. The van der Waals surface area contributed by atoms with Crippen molar-refractivity contribution >= 4 is 17.3 Å². The van der Waals surface area contributed by atoms with E-state index in [0.29, 0.717) is 19.5 Å². The summed E-state index contributed by atoms with van der Waals surface area (Å²) in [5.41, 5.74) is 3.13. The number of nitrogens with zero attached hydrogens (tertiary/aromatic N) is 2. The molecule has 1 aliphatic heterocycles. The smallest absolute Gasteiger partial charge is 0.322 e. The van der Waals surface area contributed by atoms with E-state index < -0.39 is 18.5 Å². The summed E-state index contributed by atoms with van der Waals surface area (Å²) in [6.45, 7) is 6.71. The predicted octanol–water partition coefficient (Wildman–Crippen LogP) is 3.87. The molecular weight excluding hydrogens is 385 g/mol. The van der Waals surface area contributed by atoms with Gasteiger partial charge in [0.15, 0.2) is 0 Å². The number of rotatable bonds is 4. The molecule has 1 aromatic heterocycles. The van der Waals surface area contributed by atoms with Gasteiger partial charge in [0, 0.05) is 30.5 Å². The zero-order chi connectivity index (χ0) is 21.9. The van der Waals surface area contributed by atoms with E-state index in [1.807, 2.05) is 24.3 Å². The molecule has 0 aliphatic carbocycles. The Morgan fingerprint density at radius 1 is 1.30 bits per heavy atom. The number of aliphatic hydroxyl groups excluding tert-OH is 2. The molecule has 3 N–H and O–H groups in total. The van der Waals surface area contributed by atoms with E-state index in [-0.39, 0.29) is 22.7 Å². The lowest BCUT2D eigenvalue weighted by Crippen LogP contribution is -2.38. The summed E-state index contributed by atoms with van der Waals surface area (Å²) in [5, 5.41) is 21.5. The Balaban J connectivity index is 1.63. The van der Waals surface area contributed by atoms with Crippen LogP contribution in [0.1, 0.15) is 50.1 Å². The van der Waals surface area contributed by atoms with Gasteiger partial charge in [-0.2, -0.15) is 0 Å². The second kappa shape index (κ2) is 8.93. The van der Waals surface area contributed by atoms with E-state index >= 15 is 0 Å². The third-order valence-corrected chi connectivity index (χ3v) is 5.22. The molecular formula is C23H28FN3O3. The van der Waals surface area contributed by atoms with E-state index in [1.54, 1.807) is 11.0 Å². The molecule has 1 atom stereocenters. The van der Waals surface area contributed by atoms with Gasteiger partial charge in [0.05, 0.1) is 6.61 Å². The fraction of sp³-hybridized carbons (Fsp3) is 0.391. The minimum atomic E-state index is -1.15. The van der Waals surface area contributed by atoms with Crippen LogP contribution >= 0.6 is 0 Å². The molecule has 30 heavy (non-hydrogen) atoms. The number of urea groups is 1. The molecule has 7 heteroatoms. The van der Waals surface area contributed by atoms with Crippen LogP contribution in [0.4, 0.5) is 14.9 Å². The van der Waals surface area contributed by atoms with Crippen molar-refractivity contribution in [2.24, 2.45) is 0 Å². The molecule has 1 aliphatic rings. The van der Waals surface area contributed by atoms with Crippen LogP contribution in [0.3, 0.4) is 0 Å². The number of hydrogen-bond acceptors (Lipinski definition) is 4. The molecule has 1 aromatic carbocycles. The number of anilines is 1. The maximum Gasteiger partial charge on any atom is 0.322 e. The Bertz CT molecular complexity index is 936. The largest absolute Gasteiger partial charge is 0.393 e. The molecule has 2 heterocycles. The first-order valence-electron chi connectivity index (χ1n) is 9.99. The van der Waals surface area contributed by atoms with Crippen molar-refractivity contribution in [3.63, 3.8) is 0 Å². The summed E-state index contributed by atoms with van der Waals surface area (Å²) in [5.74, 6) is -0.553. The van der Waals surface area contributed by atoms with Gasteiger partial charge in [0.1, 0.15) is 17.6 Å². The first-order valence-corrected chi connectivity index (χ1v) is 9.99. The number of aromatic nitrogens is 1. The number of carbonyl (C=O) groups excluding carboxylic acids is 1. The zero-order valence-corrected chi connectivity index (χ0v) is 17.5. The van der Waals surface area contributed by atoms with E-state index in [9.17, 15) is 14.3 Å². The van der Waals surface area contributed by atoms with Crippen LogP contribution in [0.5, 0.6) is 0 Å². The number of benzene rings is 1. The highest BCUT2D eigenvalue weighted by Crippen LogP contribution is 2.26. The molecule has 0 spiro atoms. The summed E-state index contributed by atoms with van der Waals surface area (Å²) in [4.78, 5) is 18.3. The SMILES string of the molecule is CC(C)(C)c1ccc(NC(=O)N2CC=C(c3ncc([C@@H](O)CO)cc3F)CC2)cc1. The van der Waals surface area contributed by atoms with Crippen molar-refractivity contribution in [3.8, 4) is 0 Å². The quantitative estimate of drug-likeness (QED) is 0.710. The van der Waals surface area contributed by atoms with Gasteiger partial charge in [-0.05, 0) is 41.2 Å². The third-order valence-electron chi connectivity index (χ3n) is 5.22. The molecule has 0 saturated carbocycles. The fourth-order valence-electron chi connectivity index (χ4n) is 3.30. The fourth-order valence-corrected chi connectivity index (χ4v) is 3.30. The molecule has 160 valence electrons. The van der Waals surface area contributed by atoms with Gasteiger partial charge in [0.25, 0.3) is 0 Å². The minimum Gasteiger partial charge on any atom is -0.393 e. The van der Waals surface area contributed by atoms with E-state index in [0.717, 1.165) is 11.3 Å². The Hall–Kier alpha value is -2.77. The van der Waals surface area contributed by atoms with Crippen LogP contribution in [-0.2, 0) is 5.41 Å². The molecule has 2 aromatic rings. The number of halogens is 1. The van der Waals surface area contributed by atoms with Crippen molar-refractivity contribution in [2.45, 2.75) is 38.7 Å². The van der Waals surface area contributed by atoms with Gasteiger partial charge >= 0.3 is 6.03 Å². The first-order chi connectivity index (χ1) is 14.2. The topological polar surface area (TPSA) is 85.7 Å². The molecule has 0 saturated heterocycles. The monoisotopic (exact) mass is 413 g/mol. The predicted molar refractivity (Wildman–Crippen MR) is 115 cm³/mol. The van der Waals surface area contributed by atoms with Crippen molar-refractivity contribution < 1.29 is 19.4 Å². The standard InChI is InChI=1S/C23H28FN3O3/c1-23(2,3)17-4-6-18(7-5-17)26-22(30)27-10-8-15(9-11-27)21-19(24)12-16(13-25-21)20(29)14-28/h4-8,12-13,20,28-29H,9-11,14H2,1-3H3,(H,26,30)/t20-/m0/s1. The highest BCUT2D eigenvalue weighted by molar-refractivity contribution is 5.90. The average molecular weight is 413 g/mol. The molecule has 2 amide bonds. The van der Waals surface area contributed by atoms with E-state index in [2.05, 4.69) is 31.1 Å². The average Bonchev–Trinajstić information content (AvgIpc) is 2.73. The number of hydrogen-bond donors (Lipinski definition) is 3. The second-order valence-corrected chi connectivity index (χ2v) is 8.48. The van der Waals surface area contributed by atoms with Crippen LogP contribution in [-0.4, -0.2) is 45.8 Å². The molecule has 6 nitrogen and oxygen atoms in total. The number of amides is 2. The summed E-state index contributed by atoms with van der Waals surface area (Å²) in [6, 6.07) is 8.79. The highest BCUT2D eigenvalue weighted by atomic mass is 19.1. The maximum absolute atomic E-state index is 14.4. The Kier molecular flexibility index (Phi) is 6.53. The van der Waals surface area contributed by atoms with E-state index in [4.69, 9.17) is 5.11 Å². The molecule has 3 rings (SSSR count). The summed E-state index contributed by atoms with van der Waals surface area (Å²) in [6.07, 6.45) is 2.47. The summed E-state index contributed by atoms with van der Waals surface area (Å²) in [7, 11) is 0. The second-order valence-electron chi connectivity index (χ2n) is 8.48. The van der Waals surface area contributed by atoms with Gasteiger partial charge in [0.2, 0.25) is 0 Å². The van der Waals surface area contributed by atoms with Crippen LogP contribution in [0.15, 0.2) is 42.6 Å². The van der Waals surface area contributed by atoms with Crippen molar-refractivity contribution in [3.05, 3.63) is 65.2 Å². The zero-order valence-electron chi connectivity index (χ0n) is 17.5. The normalized spacial score (nSPS) is 15.5. The van der Waals surface area contributed by atoms with Crippen molar-refractivity contribution in [1.82, 2.24) is 9.88 Å². The lowest BCUT2D eigenvalue weighted by atomic mass is 9.87. The highest BCUT2D eigenvalue weighted by Gasteiger charge is 2.21. The van der Waals surface area contributed by atoms with E-state index in [1.165, 1.54) is 17.8 Å². The summed E-state index contributed by atoms with van der Waals surface area (Å²) >= 11 is 0. The van der Waals surface area contributed by atoms with Crippen molar-refractivity contribution in [2.75, 3.05) is 25.0 Å². The Labute approximate surface area is 176 Å². The van der Waals surface area contributed by atoms with Crippen LogP contribution in [0.25, 0.3) is 5.57 Å². The number of aliphatic hydroxyl groups is 2. The minimum absolute atomic E-state index is 0.0499. The van der Waals surface area contributed by atoms with Gasteiger partial charge in [-0.25, -0.2) is 9.18 Å². The number of pyridine rings is 1. The molecule has 0 radical (unpaired) electrons. The lowest BCUT2D eigenvalue weighted by molar-refractivity contribution is 0.0950. The van der Waals surface area contributed by atoms with Gasteiger partial charge in [-0.15, -0.1) is 0 Å². The number of carbonyl (C=O) groups is 1. The maximum atomic E-state index is 14.4. The van der Waals surface area contributed by atoms with Crippen LogP contribution in [0, 0.1) is 5.82 Å². The number of nitrogens with one attached hydrogen (secondary N) is 1. The lowest BCUT2D eigenvalue weighted by Gasteiger charge is -2.27. The van der Waals surface area contributed by atoms with Crippen molar-refractivity contribution in [1.29, 1.82) is 0 Å². The van der Waals surface area contributed by atoms with Gasteiger partial charge in [-0.3, -0.25) is 4.98 Å². The van der Waals surface area contributed by atoms with Gasteiger partial charge < -0.3 is 20.4 Å². The first kappa shape index (κ1) is 21.9. The van der Waals surface area contributed by atoms with Crippen LogP contribution < -0.4 is 5.32 Å². The molecule has 0 fully saturated rings. The van der Waals surface area contributed by atoms with Gasteiger partial charge in [-0.1, -0.05) is 39.0 Å². The van der Waals surface area contributed by atoms with Crippen LogP contribution in [0.2, 0.25) is 0 Å².